The Hall–Kier alpha value is -1.04. The van der Waals surface area contributed by atoms with Gasteiger partial charge in [0.25, 0.3) is 0 Å². The maximum absolute atomic E-state index is 10.5. The van der Waals surface area contributed by atoms with Crippen molar-refractivity contribution in [3.63, 3.8) is 0 Å². The zero-order valence-corrected chi connectivity index (χ0v) is 13.0. The molecule has 0 saturated carbocycles. The Balaban J connectivity index is 0. The van der Waals surface area contributed by atoms with E-state index in [1.165, 1.54) is 0 Å². The lowest BCUT2D eigenvalue weighted by atomic mass is 10.2. The van der Waals surface area contributed by atoms with Crippen LogP contribution < -0.4 is 10.3 Å². The summed E-state index contributed by atoms with van der Waals surface area (Å²) in [5.41, 5.74) is 1.02. The van der Waals surface area contributed by atoms with Crippen molar-refractivity contribution in [2.24, 2.45) is 10.3 Å². The maximum Gasteiger partial charge on any atom is 0.211 e. The van der Waals surface area contributed by atoms with Crippen LogP contribution in [-0.2, 0) is 31.4 Å². The molecule has 0 spiro atoms. The number of nitrogens with two attached hydrogens (primary N) is 2. The van der Waals surface area contributed by atoms with Crippen LogP contribution in [0.5, 0.6) is 0 Å². The van der Waals surface area contributed by atoms with Crippen molar-refractivity contribution in [1.29, 1.82) is 0 Å². The SMILES string of the molecule is C.NS(=O)(=O)CCO.NS(=O)(=O)CCOCc1ccccc1. The van der Waals surface area contributed by atoms with E-state index in [2.05, 4.69) is 5.14 Å². The number of aliphatic hydroxyl groups excluding tert-OH is 1. The molecule has 10 heteroatoms. The Labute approximate surface area is 132 Å². The summed E-state index contributed by atoms with van der Waals surface area (Å²) in [5, 5.41) is 17.2. The average Bonchev–Trinajstić information content (AvgIpc) is 2.34. The molecular formula is C12H24N2O6S2. The van der Waals surface area contributed by atoms with Crippen LogP contribution in [0.25, 0.3) is 0 Å². The van der Waals surface area contributed by atoms with Gasteiger partial charge in [-0.15, -0.1) is 0 Å². The molecule has 0 aliphatic heterocycles. The first kappa shape index (κ1) is 23.2. The van der Waals surface area contributed by atoms with E-state index in [0.29, 0.717) is 6.61 Å². The van der Waals surface area contributed by atoms with Gasteiger partial charge in [-0.05, 0) is 5.56 Å². The second-order valence-corrected chi connectivity index (χ2v) is 7.46. The Morgan fingerprint density at radius 1 is 0.955 bits per heavy atom. The van der Waals surface area contributed by atoms with E-state index in [1.807, 2.05) is 30.3 Å². The molecule has 1 aromatic rings. The van der Waals surface area contributed by atoms with Crippen LogP contribution in [-0.4, -0.2) is 46.7 Å². The van der Waals surface area contributed by atoms with Gasteiger partial charge in [-0.2, -0.15) is 0 Å². The molecule has 8 nitrogen and oxygen atoms in total. The standard InChI is InChI=1S/C9H13NO3S.C2H7NO3S.CH4/c10-14(11,12)7-6-13-8-9-4-2-1-3-5-9;3-7(5,6)2-1-4;/h1-5H,6-8H2,(H2,10,11,12);4H,1-2H2,(H2,3,5,6);1H4. The number of benzene rings is 1. The summed E-state index contributed by atoms with van der Waals surface area (Å²) in [6, 6.07) is 9.54. The molecule has 0 radical (unpaired) electrons. The van der Waals surface area contributed by atoms with E-state index < -0.39 is 26.7 Å². The zero-order valence-electron chi connectivity index (χ0n) is 11.4. The van der Waals surface area contributed by atoms with Crippen molar-refractivity contribution in [3.05, 3.63) is 35.9 Å². The first-order chi connectivity index (χ1) is 9.64. The second-order valence-electron chi connectivity index (χ2n) is 4.00. The largest absolute Gasteiger partial charge is 0.395 e. The van der Waals surface area contributed by atoms with Gasteiger partial charge < -0.3 is 9.84 Å². The highest BCUT2D eigenvalue weighted by Gasteiger charge is 2.01. The summed E-state index contributed by atoms with van der Waals surface area (Å²) in [6.45, 7) is 0.142. The minimum Gasteiger partial charge on any atom is -0.395 e. The summed E-state index contributed by atoms with van der Waals surface area (Å²) in [7, 11) is -6.83. The molecule has 0 bridgehead atoms. The molecule has 0 aromatic heterocycles. The third-order valence-corrected chi connectivity index (χ3v) is 3.49. The van der Waals surface area contributed by atoms with Gasteiger partial charge in [0, 0.05) is 0 Å². The molecule has 0 amide bonds. The Morgan fingerprint density at radius 3 is 1.82 bits per heavy atom. The van der Waals surface area contributed by atoms with Gasteiger partial charge in [0.05, 0.1) is 31.3 Å². The molecule has 0 atom stereocenters. The van der Waals surface area contributed by atoms with Crippen LogP contribution in [0.15, 0.2) is 30.3 Å². The number of hydrogen-bond donors (Lipinski definition) is 3. The second kappa shape index (κ2) is 11.5. The fraction of sp³-hybridized carbons (Fsp3) is 0.500. The predicted molar refractivity (Wildman–Crippen MR) is 85.9 cm³/mol. The van der Waals surface area contributed by atoms with E-state index >= 15 is 0 Å². The summed E-state index contributed by atoms with van der Waals surface area (Å²) in [4.78, 5) is 0. The van der Waals surface area contributed by atoms with E-state index in [-0.39, 0.29) is 25.5 Å². The van der Waals surface area contributed by atoms with Gasteiger partial charge in [-0.1, -0.05) is 37.8 Å². The number of sulfonamides is 2. The quantitative estimate of drug-likeness (QED) is 0.555. The van der Waals surface area contributed by atoms with Gasteiger partial charge in [-0.25, -0.2) is 27.1 Å². The lowest BCUT2D eigenvalue weighted by Gasteiger charge is -2.02. The van der Waals surface area contributed by atoms with Crippen molar-refractivity contribution in [3.8, 4) is 0 Å². The van der Waals surface area contributed by atoms with Crippen LogP contribution in [0.3, 0.4) is 0 Å². The van der Waals surface area contributed by atoms with Crippen LogP contribution in [0.2, 0.25) is 0 Å². The zero-order chi connectivity index (χ0) is 16.4. The van der Waals surface area contributed by atoms with Crippen LogP contribution >= 0.6 is 0 Å². The number of aliphatic hydroxyl groups is 1. The van der Waals surface area contributed by atoms with Crippen LogP contribution in [0.4, 0.5) is 0 Å². The van der Waals surface area contributed by atoms with Crippen LogP contribution in [0.1, 0.15) is 13.0 Å². The van der Waals surface area contributed by atoms with Gasteiger partial charge in [0.2, 0.25) is 20.0 Å². The van der Waals surface area contributed by atoms with E-state index in [4.69, 9.17) is 15.0 Å². The van der Waals surface area contributed by atoms with E-state index in [1.54, 1.807) is 0 Å². The summed E-state index contributed by atoms with van der Waals surface area (Å²) >= 11 is 0. The van der Waals surface area contributed by atoms with Crippen LogP contribution in [0, 0.1) is 0 Å². The molecule has 0 unspecified atom stereocenters. The fourth-order valence-corrected chi connectivity index (χ4v) is 1.67. The van der Waals surface area contributed by atoms with E-state index in [0.717, 1.165) is 5.56 Å². The summed E-state index contributed by atoms with van der Waals surface area (Å²) in [6.07, 6.45) is 0. The smallest absolute Gasteiger partial charge is 0.211 e. The highest BCUT2D eigenvalue weighted by Crippen LogP contribution is 2.00. The number of primary sulfonamides is 2. The molecule has 0 saturated heterocycles. The van der Waals surface area contributed by atoms with Gasteiger partial charge >= 0.3 is 0 Å². The van der Waals surface area contributed by atoms with Crippen molar-refractivity contribution >= 4 is 20.0 Å². The Morgan fingerprint density at radius 2 is 1.45 bits per heavy atom. The average molecular weight is 356 g/mol. The predicted octanol–water partition coefficient (Wildman–Crippen LogP) is -0.605. The molecule has 0 fully saturated rings. The van der Waals surface area contributed by atoms with Crippen molar-refractivity contribution in [2.75, 3.05) is 24.7 Å². The van der Waals surface area contributed by atoms with Gasteiger partial charge in [0.1, 0.15) is 0 Å². The topological polar surface area (TPSA) is 150 Å². The number of ether oxygens (including phenoxy) is 1. The molecule has 130 valence electrons. The molecule has 0 heterocycles. The Bertz CT molecular complexity index is 587. The van der Waals surface area contributed by atoms with Crippen molar-refractivity contribution in [1.82, 2.24) is 0 Å². The van der Waals surface area contributed by atoms with Gasteiger partial charge in [0.15, 0.2) is 0 Å². The Kier molecular flexibility index (Phi) is 12.2. The monoisotopic (exact) mass is 356 g/mol. The number of rotatable bonds is 7. The minimum atomic E-state index is -3.42. The molecular weight excluding hydrogens is 332 g/mol. The molecule has 0 aliphatic carbocycles. The first-order valence-electron chi connectivity index (χ1n) is 5.87. The maximum atomic E-state index is 10.5. The number of hydrogen-bond acceptors (Lipinski definition) is 6. The molecule has 1 aromatic carbocycles. The normalized spacial score (nSPS) is 11.0. The van der Waals surface area contributed by atoms with Gasteiger partial charge in [-0.3, -0.25) is 0 Å². The summed E-state index contributed by atoms with van der Waals surface area (Å²) < 4.78 is 45.9. The fourth-order valence-electron chi connectivity index (χ4n) is 1.07. The van der Waals surface area contributed by atoms with E-state index in [9.17, 15) is 16.8 Å². The minimum absolute atomic E-state index is 0. The highest BCUT2D eigenvalue weighted by molar-refractivity contribution is 7.89. The van der Waals surface area contributed by atoms with Crippen molar-refractivity contribution < 1.29 is 26.7 Å². The highest BCUT2D eigenvalue weighted by atomic mass is 32.2. The third kappa shape index (κ3) is 17.0. The molecule has 1 rings (SSSR count). The third-order valence-electron chi connectivity index (χ3n) is 2.00. The van der Waals surface area contributed by atoms with Crippen molar-refractivity contribution in [2.45, 2.75) is 14.0 Å². The molecule has 22 heavy (non-hydrogen) atoms. The summed E-state index contributed by atoms with van der Waals surface area (Å²) in [5.74, 6) is -0.493. The lowest BCUT2D eigenvalue weighted by molar-refractivity contribution is 0.135. The molecule has 0 aliphatic rings. The lowest BCUT2D eigenvalue weighted by Crippen LogP contribution is -2.20. The molecule has 5 N–H and O–H groups in total. The first-order valence-corrected chi connectivity index (χ1v) is 9.30.